The highest BCUT2D eigenvalue weighted by molar-refractivity contribution is 5.64. The van der Waals surface area contributed by atoms with Crippen LogP contribution in [0.15, 0.2) is 0 Å². The van der Waals surface area contributed by atoms with E-state index in [1.165, 1.54) is 0 Å². The van der Waals surface area contributed by atoms with Crippen molar-refractivity contribution in [3.8, 4) is 0 Å². The molecule has 19 heavy (non-hydrogen) atoms. The van der Waals surface area contributed by atoms with Gasteiger partial charge in [-0.25, -0.2) is 4.68 Å². The average molecular weight is 268 g/mol. The minimum absolute atomic E-state index is 0.240. The summed E-state index contributed by atoms with van der Waals surface area (Å²) in [6.07, 6.45) is 3.07. The van der Waals surface area contributed by atoms with Crippen LogP contribution in [0.2, 0.25) is 0 Å². The Morgan fingerprint density at radius 3 is 2.58 bits per heavy atom. The van der Waals surface area contributed by atoms with Crippen molar-refractivity contribution in [1.29, 1.82) is 0 Å². The summed E-state index contributed by atoms with van der Waals surface area (Å²) in [4.78, 5) is 0. The van der Waals surface area contributed by atoms with Crippen LogP contribution >= 0.6 is 0 Å². The minimum atomic E-state index is 0.240. The van der Waals surface area contributed by atoms with Crippen LogP contribution < -0.4 is 11.1 Å². The molecule has 0 amide bonds. The van der Waals surface area contributed by atoms with Gasteiger partial charge in [-0.1, -0.05) is 13.3 Å². The standard InChI is InChI=1S/C14H28N4O/c1-5-6-12(7-8-19)9-16-14-13(15)11(4)17-18(14)10(2)3/h10,12,16,19H,5-9,15H2,1-4H3. The third kappa shape index (κ3) is 4.13. The molecule has 0 saturated carbocycles. The fourth-order valence-corrected chi connectivity index (χ4v) is 2.29. The van der Waals surface area contributed by atoms with Gasteiger partial charge in [0.05, 0.1) is 11.4 Å². The van der Waals surface area contributed by atoms with Gasteiger partial charge in [-0.2, -0.15) is 5.10 Å². The lowest BCUT2D eigenvalue weighted by Gasteiger charge is -2.18. The molecular formula is C14H28N4O. The van der Waals surface area contributed by atoms with Gasteiger partial charge in [0.25, 0.3) is 0 Å². The van der Waals surface area contributed by atoms with Crippen molar-refractivity contribution in [3.05, 3.63) is 5.69 Å². The zero-order valence-corrected chi connectivity index (χ0v) is 12.6. The quantitative estimate of drug-likeness (QED) is 0.677. The van der Waals surface area contributed by atoms with Crippen molar-refractivity contribution in [2.45, 2.75) is 53.0 Å². The molecule has 0 aliphatic heterocycles. The van der Waals surface area contributed by atoms with Crippen molar-refractivity contribution in [2.75, 3.05) is 24.2 Å². The van der Waals surface area contributed by atoms with Crippen molar-refractivity contribution >= 4 is 11.5 Å². The van der Waals surface area contributed by atoms with Gasteiger partial charge in [0.2, 0.25) is 0 Å². The van der Waals surface area contributed by atoms with Crippen LogP contribution in [0.25, 0.3) is 0 Å². The summed E-state index contributed by atoms with van der Waals surface area (Å²) in [6, 6.07) is 0.279. The SMILES string of the molecule is CCCC(CCO)CNc1c(N)c(C)nn1C(C)C. The molecule has 0 aromatic carbocycles. The van der Waals surface area contributed by atoms with Gasteiger partial charge in [-0.3, -0.25) is 0 Å². The first-order valence-corrected chi connectivity index (χ1v) is 7.20. The molecule has 0 aliphatic rings. The Balaban J connectivity index is 2.75. The van der Waals surface area contributed by atoms with Crippen LogP contribution in [-0.2, 0) is 0 Å². The van der Waals surface area contributed by atoms with Crippen LogP contribution in [0.1, 0.15) is 51.8 Å². The molecule has 1 aromatic rings. The lowest BCUT2D eigenvalue weighted by molar-refractivity contribution is 0.255. The van der Waals surface area contributed by atoms with Crippen molar-refractivity contribution in [1.82, 2.24) is 9.78 Å². The molecule has 1 heterocycles. The molecular weight excluding hydrogens is 240 g/mol. The average Bonchev–Trinajstić information content (AvgIpc) is 2.64. The molecule has 0 bridgehead atoms. The van der Waals surface area contributed by atoms with Crippen LogP contribution in [0.5, 0.6) is 0 Å². The van der Waals surface area contributed by atoms with E-state index in [4.69, 9.17) is 10.8 Å². The number of anilines is 2. The number of hydrogen-bond donors (Lipinski definition) is 3. The molecule has 110 valence electrons. The summed E-state index contributed by atoms with van der Waals surface area (Å²) in [6.45, 7) is 9.35. The largest absolute Gasteiger partial charge is 0.396 e. The van der Waals surface area contributed by atoms with Crippen molar-refractivity contribution < 1.29 is 5.11 Å². The van der Waals surface area contributed by atoms with E-state index in [0.717, 1.165) is 43.0 Å². The molecule has 0 saturated heterocycles. The van der Waals surface area contributed by atoms with Crippen molar-refractivity contribution in [2.24, 2.45) is 5.92 Å². The number of aryl methyl sites for hydroxylation is 1. The normalized spacial score (nSPS) is 12.9. The maximum Gasteiger partial charge on any atom is 0.148 e. The Morgan fingerprint density at radius 2 is 2.05 bits per heavy atom. The summed E-state index contributed by atoms with van der Waals surface area (Å²) >= 11 is 0. The predicted molar refractivity (Wildman–Crippen MR) is 80.4 cm³/mol. The number of aliphatic hydroxyl groups excluding tert-OH is 1. The zero-order valence-electron chi connectivity index (χ0n) is 12.6. The van der Waals surface area contributed by atoms with E-state index < -0.39 is 0 Å². The fraction of sp³-hybridized carbons (Fsp3) is 0.786. The van der Waals surface area contributed by atoms with Gasteiger partial charge >= 0.3 is 0 Å². The highest BCUT2D eigenvalue weighted by atomic mass is 16.3. The third-order valence-corrected chi connectivity index (χ3v) is 3.41. The second-order valence-corrected chi connectivity index (χ2v) is 5.43. The van der Waals surface area contributed by atoms with Gasteiger partial charge in [0, 0.05) is 19.2 Å². The van der Waals surface area contributed by atoms with E-state index in [-0.39, 0.29) is 12.6 Å². The number of nitrogens with two attached hydrogens (primary N) is 1. The Labute approximate surface area is 116 Å². The summed E-state index contributed by atoms with van der Waals surface area (Å²) in [5.74, 6) is 1.39. The maximum absolute atomic E-state index is 9.09. The fourth-order valence-electron chi connectivity index (χ4n) is 2.29. The van der Waals surface area contributed by atoms with Gasteiger partial charge in [0.1, 0.15) is 5.82 Å². The van der Waals surface area contributed by atoms with Crippen molar-refractivity contribution in [3.63, 3.8) is 0 Å². The summed E-state index contributed by atoms with van der Waals surface area (Å²) in [7, 11) is 0. The third-order valence-electron chi connectivity index (χ3n) is 3.41. The molecule has 1 aromatic heterocycles. The van der Waals surface area contributed by atoms with Gasteiger partial charge in [0.15, 0.2) is 0 Å². The first-order valence-electron chi connectivity index (χ1n) is 7.20. The topological polar surface area (TPSA) is 76.1 Å². The number of aromatic nitrogens is 2. The van der Waals surface area contributed by atoms with Gasteiger partial charge in [-0.05, 0) is 39.5 Å². The maximum atomic E-state index is 9.09. The molecule has 0 spiro atoms. The number of nitrogens with zero attached hydrogens (tertiary/aromatic N) is 2. The second-order valence-electron chi connectivity index (χ2n) is 5.43. The summed E-state index contributed by atoms with van der Waals surface area (Å²) in [5, 5.41) is 17.0. The number of nitrogen functional groups attached to an aromatic ring is 1. The Bertz CT molecular complexity index is 381. The molecule has 0 aliphatic carbocycles. The highest BCUT2D eigenvalue weighted by Gasteiger charge is 2.16. The van der Waals surface area contributed by atoms with Crippen LogP contribution in [0.3, 0.4) is 0 Å². The number of nitrogens with one attached hydrogen (secondary N) is 1. The summed E-state index contributed by atoms with van der Waals surface area (Å²) < 4.78 is 1.94. The monoisotopic (exact) mass is 268 g/mol. The second kappa shape index (κ2) is 7.38. The Hall–Kier alpha value is -1.23. The Kier molecular flexibility index (Phi) is 6.15. The molecule has 1 rings (SSSR count). The lowest BCUT2D eigenvalue weighted by atomic mass is 10.0. The number of aliphatic hydroxyl groups is 1. The van der Waals surface area contributed by atoms with E-state index in [9.17, 15) is 0 Å². The lowest BCUT2D eigenvalue weighted by Crippen LogP contribution is -2.19. The van der Waals surface area contributed by atoms with E-state index in [1.807, 2.05) is 11.6 Å². The van der Waals surface area contributed by atoms with Gasteiger partial charge < -0.3 is 16.2 Å². The molecule has 4 N–H and O–H groups in total. The molecule has 5 heteroatoms. The smallest absolute Gasteiger partial charge is 0.148 e. The first kappa shape index (κ1) is 15.8. The zero-order chi connectivity index (χ0) is 14.4. The highest BCUT2D eigenvalue weighted by Crippen LogP contribution is 2.26. The van der Waals surface area contributed by atoms with Crippen LogP contribution in [0.4, 0.5) is 11.5 Å². The molecule has 0 fully saturated rings. The van der Waals surface area contributed by atoms with Crippen LogP contribution in [-0.4, -0.2) is 28.0 Å². The van der Waals surface area contributed by atoms with Crippen LogP contribution in [0, 0.1) is 12.8 Å². The minimum Gasteiger partial charge on any atom is -0.396 e. The van der Waals surface area contributed by atoms with E-state index >= 15 is 0 Å². The van der Waals surface area contributed by atoms with E-state index in [2.05, 4.69) is 31.2 Å². The predicted octanol–water partition coefficient (Wildman–Crippen LogP) is 2.57. The first-order chi connectivity index (χ1) is 9.01. The number of rotatable bonds is 8. The van der Waals surface area contributed by atoms with Gasteiger partial charge in [-0.15, -0.1) is 0 Å². The number of hydrogen-bond acceptors (Lipinski definition) is 4. The molecule has 5 nitrogen and oxygen atoms in total. The van der Waals surface area contributed by atoms with E-state index in [1.54, 1.807) is 0 Å². The Morgan fingerprint density at radius 1 is 1.37 bits per heavy atom. The molecule has 0 radical (unpaired) electrons. The molecule has 1 atom stereocenters. The summed E-state index contributed by atoms with van der Waals surface area (Å²) in [5.41, 5.74) is 7.68. The van der Waals surface area contributed by atoms with E-state index in [0.29, 0.717) is 5.92 Å². The molecule has 1 unspecified atom stereocenters.